The highest BCUT2D eigenvalue weighted by atomic mass is 32.2. The predicted molar refractivity (Wildman–Crippen MR) is 139 cm³/mol. The van der Waals surface area contributed by atoms with Gasteiger partial charge in [-0.25, -0.2) is 13.4 Å². The minimum Gasteiger partial charge on any atom is -0.382 e. The zero-order valence-corrected chi connectivity index (χ0v) is 22.0. The molecule has 2 aromatic carbocycles. The Morgan fingerprint density at radius 3 is 2.82 bits per heavy atom. The van der Waals surface area contributed by atoms with Gasteiger partial charge in [-0.2, -0.15) is 4.31 Å². The van der Waals surface area contributed by atoms with Crippen molar-refractivity contribution < 1.29 is 13.2 Å². The maximum atomic E-state index is 13.3. The lowest BCUT2D eigenvalue weighted by Gasteiger charge is -2.30. The van der Waals surface area contributed by atoms with Crippen LogP contribution in [0.1, 0.15) is 44.2 Å². The van der Waals surface area contributed by atoms with Crippen LogP contribution in [0.3, 0.4) is 0 Å². The quantitative estimate of drug-likeness (QED) is 0.272. The summed E-state index contributed by atoms with van der Waals surface area (Å²) in [6.07, 6.45) is 2.87. The van der Waals surface area contributed by atoms with Crippen LogP contribution in [-0.4, -0.2) is 48.6 Å². The lowest BCUT2D eigenvalue weighted by atomic mass is 10.0. The number of hydrogen-bond donors (Lipinski definition) is 0. The molecule has 1 atom stereocenters. The average molecular weight is 502 g/mol. The molecule has 6 nitrogen and oxygen atoms in total. The third-order valence-corrected chi connectivity index (χ3v) is 9.18. The largest absolute Gasteiger partial charge is 0.382 e. The molecule has 3 aromatic rings. The van der Waals surface area contributed by atoms with E-state index in [1.54, 1.807) is 28.2 Å². The summed E-state index contributed by atoms with van der Waals surface area (Å²) >= 11 is 1.69. The van der Waals surface area contributed by atoms with Crippen LogP contribution in [0.2, 0.25) is 0 Å². The summed E-state index contributed by atoms with van der Waals surface area (Å²) in [4.78, 5) is 5.22. The Labute approximate surface area is 207 Å². The van der Waals surface area contributed by atoms with E-state index in [1.807, 2.05) is 13.0 Å². The fraction of sp³-hybridized carbons (Fsp3) is 0.500. The molecule has 2 heterocycles. The van der Waals surface area contributed by atoms with Gasteiger partial charge in [-0.15, -0.1) is 0 Å². The monoisotopic (exact) mass is 501 g/mol. The van der Waals surface area contributed by atoms with Crippen LogP contribution in [0, 0.1) is 12.8 Å². The van der Waals surface area contributed by atoms with Gasteiger partial charge in [-0.1, -0.05) is 48.5 Å². The number of piperidine rings is 1. The molecule has 1 saturated heterocycles. The molecule has 4 rings (SSSR count). The zero-order valence-electron chi connectivity index (χ0n) is 20.4. The number of aryl methyl sites for hydroxylation is 2. The van der Waals surface area contributed by atoms with Gasteiger partial charge < -0.3 is 9.30 Å². The van der Waals surface area contributed by atoms with Crippen molar-refractivity contribution in [1.82, 2.24) is 13.9 Å². The highest BCUT2D eigenvalue weighted by molar-refractivity contribution is 7.98. The first-order valence-electron chi connectivity index (χ1n) is 12.1. The first-order valence-corrected chi connectivity index (χ1v) is 14.6. The third kappa shape index (κ3) is 5.85. The van der Waals surface area contributed by atoms with E-state index in [-0.39, 0.29) is 0 Å². The van der Waals surface area contributed by atoms with Crippen LogP contribution in [0.5, 0.6) is 0 Å². The molecule has 1 aromatic heterocycles. The summed E-state index contributed by atoms with van der Waals surface area (Å²) in [5.41, 5.74) is 4.19. The summed E-state index contributed by atoms with van der Waals surface area (Å²) in [5.74, 6) is 1.20. The minimum absolute atomic E-state index is 0.336. The molecule has 1 fully saturated rings. The summed E-state index contributed by atoms with van der Waals surface area (Å²) in [5, 5.41) is 0.911. The number of aromatic nitrogens is 2. The van der Waals surface area contributed by atoms with Crippen molar-refractivity contribution in [2.75, 3.05) is 26.3 Å². The molecule has 0 saturated carbocycles. The van der Waals surface area contributed by atoms with Gasteiger partial charge in [0.15, 0.2) is 5.16 Å². The second kappa shape index (κ2) is 11.2. The summed E-state index contributed by atoms with van der Waals surface area (Å²) in [6, 6.07) is 13.9. The molecule has 8 heteroatoms. The molecule has 0 N–H and O–H groups in total. The molecular formula is C26H35N3O3S2. The number of thioether (sulfide) groups is 1. The maximum Gasteiger partial charge on any atom is 0.243 e. The zero-order chi connectivity index (χ0) is 24.1. The normalized spacial score (nSPS) is 17.4. The number of fused-ring (bicyclic) bond motifs is 1. The maximum absolute atomic E-state index is 13.3. The molecule has 0 spiro atoms. The molecule has 0 amide bonds. The topological polar surface area (TPSA) is 64.4 Å². The van der Waals surface area contributed by atoms with Crippen molar-refractivity contribution in [3.63, 3.8) is 0 Å². The van der Waals surface area contributed by atoms with Crippen LogP contribution in [0.15, 0.2) is 52.5 Å². The lowest BCUT2D eigenvalue weighted by Crippen LogP contribution is -2.39. The summed E-state index contributed by atoms with van der Waals surface area (Å²) in [7, 11) is -3.52. The Hall–Kier alpha value is -1.87. The van der Waals surface area contributed by atoms with E-state index in [9.17, 15) is 8.42 Å². The fourth-order valence-corrected chi connectivity index (χ4v) is 7.11. The van der Waals surface area contributed by atoms with Crippen LogP contribution >= 0.6 is 11.8 Å². The minimum atomic E-state index is -3.52. The van der Waals surface area contributed by atoms with Gasteiger partial charge in [0.05, 0.1) is 15.9 Å². The van der Waals surface area contributed by atoms with Gasteiger partial charge in [0.25, 0.3) is 0 Å². The van der Waals surface area contributed by atoms with Crippen molar-refractivity contribution in [2.24, 2.45) is 5.92 Å². The van der Waals surface area contributed by atoms with Crippen molar-refractivity contribution in [3.05, 3.63) is 53.6 Å². The number of nitrogens with zero attached hydrogens (tertiary/aromatic N) is 3. The van der Waals surface area contributed by atoms with Crippen LogP contribution in [0.4, 0.5) is 0 Å². The number of sulfonamides is 1. The van der Waals surface area contributed by atoms with E-state index in [1.165, 1.54) is 11.1 Å². The number of ether oxygens (including phenoxy) is 1. The Kier molecular flexibility index (Phi) is 8.34. The van der Waals surface area contributed by atoms with E-state index in [0.29, 0.717) is 37.1 Å². The van der Waals surface area contributed by atoms with Crippen LogP contribution < -0.4 is 0 Å². The molecule has 184 valence electrons. The van der Waals surface area contributed by atoms with E-state index in [0.717, 1.165) is 47.7 Å². The van der Waals surface area contributed by atoms with Crippen molar-refractivity contribution in [1.29, 1.82) is 0 Å². The number of rotatable bonds is 10. The smallest absolute Gasteiger partial charge is 0.243 e. The van der Waals surface area contributed by atoms with E-state index in [4.69, 9.17) is 9.72 Å². The van der Waals surface area contributed by atoms with Gasteiger partial charge in [0.2, 0.25) is 10.0 Å². The molecule has 0 aliphatic carbocycles. The van der Waals surface area contributed by atoms with Crippen molar-refractivity contribution >= 4 is 32.8 Å². The highest BCUT2D eigenvalue weighted by Gasteiger charge is 2.29. The van der Waals surface area contributed by atoms with E-state index in [2.05, 4.69) is 42.7 Å². The number of benzene rings is 2. The second-order valence-corrected chi connectivity index (χ2v) is 12.0. The van der Waals surface area contributed by atoms with Crippen molar-refractivity contribution in [3.8, 4) is 0 Å². The molecule has 0 radical (unpaired) electrons. The predicted octanol–water partition coefficient (Wildman–Crippen LogP) is 5.48. The Morgan fingerprint density at radius 1 is 1.21 bits per heavy atom. The molecule has 0 bridgehead atoms. The standard InChI is InChI=1S/C26H35N3O3S2/c1-4-32-15-7-14-29-25-12-11-23(34(30,31)28-13-6-9-21(3)18-28)17-24(25)27-26(29)33-19-22-10-5-8-20(2)16-22/h5,8,10-12,16-17,21H,4,6-7,9,13-15,18-19H2,1-3H3/t21-/m1/s1. The fourth-order valence-electron chi connectivity index (χ4n) is 4.51. The SMILES string of the molecule is CCOCCCn1c(SCc2cccc(C)c2)nc2cc(S(=O)(=O)N3CCC[C@@H](C)C3)ccc21. The Morgan fingerprint density at radius 2 is 2.06 bits per heavy atom. The molecule has 34 heavy (non-hydrogen) atoms. The van der Waals surface area contributed by atoms with Gasteiger partial charge in [-0.05, 0) is 62.8 Å². The van der Waals surface area contributed by atoms with Gasteiger partial charge >= 0.3 is 0 Å². The first-order chi connectivity index (χ1) is 16.4. The first kappa shape index (κ1) is 25.2. The lowest BCUT2D eigenvalue weighted by molar-refractivity contribution is 0.141. The molecule has 0 unspecified atom stereocenters. The van der Waals surface area contributed by atoms with Crippen LogP contribution in [-0.2, 0) is 27.1 Å². The third-order valence-electron chi connectivity index (χ3n) is 6.27. The second-order valence-electron chi connectivity index (χ2n) is 9.14. The van der Waals surface area contributed by atoms with Gasteiger partial charge in [0.1, 0.15) is 0 Å². The molecular weight excluding hydrogens is 466 g/mol. The number of imidazole rings is 1. The number of hydrogen-bond acceptors (Lipinski definition) is 5. The van der Waals surface area contributed by atoms with E-state index < -0.39 is 10.0 Å². The van der Waals surface area contributed by atoms with Crippen molar-refractivity contribution in [2.45, 2.75) is 62.4 Å². The Bertz CT molecular complexity index is 1220. The van der Waals surface area contributed by atoms with Gasteiger partial charge in [-0.3, -0.25) is 0 Å². The highest BCUT2D eigenvalue weighted by Crippen LogP contribution is 2.30. The van der Waals surface area contributed by atoms with E-state index >= 15 is 0 Å². The summed E-state index contributed by atoms with van der Waals surface area (Å²) < 4.78 is 36.0. The van der Waals surface area contributed by atoms with Gasteiger partial charge in [0, 0.05) is 38.6 Å². The van der Waals surface area contributed by atoms with Crippen LogP contribution in [0.25, 0.3) is 11.0 Å². The molecule has 1 aliphatic rings. The molecule has 1 aliphatic heterocycles. The Balaban J connectivity index is 1.63. The summed E-state index contributed by atoms with van der Waals surface area (Å²) in [6.45, 7) is 9.57. The average Bonchev–Trinajstić information content (AvgIpc) is 3.17.